The van der Waals surface area contributed by atoms with Gasteiger partial charge in [-0.2, -0.15) is 0 Å². The van der Waals surface area contributed by atoms with Gasteiger partial charge in [0.15, 0.2) is 0 Å². The molecule has 2 unspecified atom stereocenters. The molecule has 0 heterocycles. The zero-order chi connectivity index (χ0) is 7.28. The predicted molar refractivity (Wildman–Crippen MR) is 38.9 cm³/mol. The van der Waals surface area contributed by atoms with E-state index in [9.17, 15) is 0 Å². The molecule has 0 aromatic carbocycles. The van der Waals surface area contributed by atoms with E-state index in [-0.39, 0.29) is 12.1 Å². The van der Waals surface area contributed by atoms with Crippen molar-refractivity contribution < 1.29 is 5.11 Å². The molecule has 3 N–H and O–H groups in total. The lowest BCUT2D eigenvalue weighted by molar-refractivity contribution is 0.221. The summed E-state index contributed by atoms with van der Waals surface area (Å²) in [5, 5.41) is 8.79. The first-order chi connectivity index (χ1) is 4.16. The molecule has 0 aliphatic carbocycles. The van der Waals surface area contributed by atoms with Crippen LogP contribution in [0.2, 0.25) is 0 Å². The highest BCUT2D eigenvalue weighted by atomic mass is 16.3. The van der Waals surface area contributed by atoms with Crippen molar-refractivity contribution in [2.75, 3.05) is 0 Å². The van der Waals surface area contributed by atoms with E-state index in [2.05, 4.69) is 0 Å². The molecule has 55 valence electrons. The summed E-state index contributed by atoms with van der Waals surface area (Å²) < 4.78 is 0. The van der Waals surface area contributed by atoms with Crippen LogP contribution in [0, 0.1) is 6.42 Å². The van der Waals surface area contributed by atoms with Crippen molar-refractivity contribution in [2.45, 2.75) is 38.8 Å². The second kappa shape index (κ2) is 4.77. The maximum absolute atomic E-state index is 8.79. The molecule has 0 aromatic rings. The van der Waals surface area contributed by atoms with Crippen molar-refractivity contribution >= 4 is 0 Å². The van der Waals surface area contributed by atoms with Crippen LogP contribution in [-0.4, -0.2) is 17.3 Å². The molecule has 0 bridgehead atoms. The van der Waals surface area contributed by atoms with E-state index in [4.69, 9.17) is 10.8 Å². The summed E-state index contributed by atoms with van der Waals surface area (Å²) in [6.07, 6.45) is 3.30. The molecule has 9 heavy (non-hydrogen) atoms. The van der Waals surface area contributed by atoms with Crippen LogP contribution in [0.4, 0.5) is 0 Å². The monoisotopic (exact) mass is 130 g/mol. The van der Waals surface area contributed by atoms with E-state index < -0.39 is 0 Å². The molecular formula is C7H16NO. The highest BCUT2D eigenvalue weighted by Gasteiger charge is 2.01. The number of rotatable bonds is 4. The Balaban J connectivity index is 3.06. The zero-order valence-corrected chi connectivity index (χ0v) is 6.17. The highest BCUT2D eigenvalue weighted by Crippen LogP contribution is 1.99. The Kier molecular flexibility index (Phi) is 4.72. The molecule has 0 aliphatic rings. The van der Waals surface area contributed by atoms with E-state index in [0.29, 0.717) is 0 Å². The van der Waals surface area contributed by atoms with Gasteiger partial charge in [0, 0.05) is 6.04 Å². The van der Waals surface area contributed by atoms with Crippen molar-refractivity contribution in [3.8, 4) is 0 Å². The Hall–Kier alpha value is -0.0800. The Morgan fingerprint density at radius 3 is 2.56 bits per heavy atom. The van der Waals surface area contributed by atoms with Crippen LogP contribution in [0.3, 0.4) is 0 Å². The van der Waals surface area contributed by atoms with E-state index in [0.717, 1.165) is 12.8 Å². The Labute approximate surface area is 57.1 Å². The van der Waals surface area contributed by atoms with E-state index in [1.807, 2.05) is 13.3 Å². The van der Waals surface area contributed by atoms with E-state index in [1.165, 1.54) is 0 Å². The van der Waals surface area contributed by atoms with Gasteiger partial charge in [0.05, 0.1) is 6.10 Å². The van der Waals surface area contributed by atoms with Gasteiger partial charge >= 0.3 is 0 Å². The van der Waals surface area contributed by atoms with Crippen molar-refractivity contribution in [1.82, 2.24) is 0 Å². The molecular weight excluding hydrogens is 114 g/mol. The summed E-state index contributed by atoms with van der Waals surface area (Å²) >= 11 is 0. The minimum atomic E-state index is -0.317. The standard InChI is InChI=1S/C7H16NO/c1-3-7(8)5-4-6(2)9/h4,6-7,9H,3,5,8H2,1-2H3. The minimum absolute atomic E-state index is 0.222. The summed E-state index contributed by atoms with van der Waals surface area (Å²) in [4.78, 5) is 0. The smallest absolute Gasteiger partial charge is 0.0544 e. The molecule has 0 amide bonds. The maximum Gasteiger partial charge on any atom is 0.0544 e. The fourth-order valence-corrected chi connectivity index (χ4v) is 0.538. The molecule has 0 fully saturated rings. The second-order valence-electron chi connectivity index (χ2n) is 2.38. The van der Waals surface area contributed by atoms with Crippen molar-refractivity contribution in [3.05, 3.63) is 6.42 Å². The average Bonchev–Trinajstić information content (AvgIpc) is 1.83. The van der Waals surface area contributed by atoms with Gasteiger partial charge in [-0.15, -0.1) is 0 Å². The van der Waals surface area contributed by atoms with Crippen LogP contribution in [-0.2, 0) is 0 Å². The number of aliphatic hydroxyl groups excluding tert-OH is 1. The third-order valence-electron chi connectivity index (χ3n) is 1.30. The number of hydrogen-bond donors (Lipinski definition) is 2. The molecule has 1 radical (unpaired) electrons. The van der Waals surface area contributed by atoms with Crippen molar-refractivity contribution in [3.63, 3.8) is 0 Å². The summed E-state index contributed by atoms with van der Waals surface area (Å²) in [5.41, 5.74) is 5.58. The normalized spacial score (nSPS) is 17.3. The van der Waals surface area contributed by atoms with Crippen LogP contribution < -0.4 is 5.73 Å². The first-order valence-corrected chi connectivity index (χ1v) is 3.43. The van der Waals surface area contributed by atoms with Gasteiger partial charge in [-0.25, -0.2) is 0 Å². The molecule has 0 spiro atoms. The maximum atomic E-state index is 8.79. The first-order valence-electron chi connectivity index (χ1n) is 3.43. The van der Waals surface area contributed by atoms with Crippen LogP contribution >= 0.6 is 0 Å². The molecule has 2 atom stereocenters. The fourth-order valence-electron chi connectivity index (χ4n) is 0.538. The third-order valence-corrected chi connectivity index (χ3v) is 1.30. The van der Waals surface area contributed by atoms with Gasteiger partial charge in [0.25, 0.3) is 0 Å². The average molecular weight is 130 g/mol. The Morgan fingerprint density at radius 2 is 2.22 bits per heavy atom. The van der Waals surface area contributed by atoms with Gasteiger partial charge in [-0.05, 0) is 26.2 Å². The molecule has 0 aliphatic heterocycles. The van der Waals surface area contributed by atoms with Crippen molar-refractivity contribution in [1.29, 1.82) is 0 Å². The third kappa shape index (κ3) is 5.80. The first kappa shape index (κ1) is 8.92. The van der Waals surface area contributed by atoms with Crippen LogP contribution in [0.25, 0.3) is 0 Å². The lowest BCUT2D eigenvalue weighted by Crippen LogP contribution is -2.20. The van der Waals surface area contributed by atoms with E-state index >= 15 is 0 Å². The van der Waals surface area contributed by atoms with Gasteiger partial charge in [0.1, 0.15) is 0 Å². The van der Waals surface area contributed by atoms with Gasteiger partial charge < -0.3 is 10.8 Å². The Bertz CT molecular complexity index is 63.9. The van der Waals surface area contributed by atoms with E-state index in [1.54, 1.807) is 6.92 Å². The summed E-state index contributed by atoms with van der Waals surface area (Å²) in [7, 11) is 0. The second-order valence-corrected chi connectivity index (χ2v) is 2.38. The fraction of sp³-hybridized carbons (Fsp3) is 0.857. The van der Waals surface area contributed by atoms with Gasteiger partial charge in [0.2, 0.25) is 0 Å². The highest BCUT2D eigenvalue weighted by molar-refractivity contribution is 4.76. The summed E-state index contributed by atoms with van der Waals surface area (Å²) in [5.74, 6) is 0. The molecule has 0 saturated heterocycles. The lowest BCUT2D eigenvalue weighted by atomic mass is 10.1. The van der Waals surface area contributed by atoms with Gasteiger partial charge in [-0.1, -0.05) is 6.92 Å². The molecule has 2 nitrogen and oxygen atoms in total. The lowest BCUT2D eigenvalue weighted by Gasteiger charge is -2.08. The number of aliphatic hydroxyl groups is 1. The van der Waals surface area contributed by atoms with Crippen LogP contribution in [0.15, 0.2) is 0 Å². The Morgan fingerprint density at radius 1 is 1.67 bits per heavy atom. The SMILES string of the molecule is CCC(N)C[CH]C(C)O. The van der Waals surface area contributed by atoms with Crippen LogP contribution in [0.1, 0.15) is 26.7 Å². The quantitative estimate of drug-likeness (QED) is 0.588. The molecule has 2 heteroatoms. The number of hydrogen-bond acceptors (Lipinski definition) is 2. The topological polar surface area (TPSA) is 46.2 Å². The summed E-state index contributed by atoms with van der Waals surface area (Å²) in [6.45, 7) is 3.78. The number of nitrogens with two attached hydrogens (primary N) is 1. The van der Waals surface area contributed by atoms with Gasteiger partial charge in [-0.3, -0.25) is 0 Å². The molecule has 0 rings (SSSR count). The van der Waals surface area contributed by atoms with Crippen molar-refractivity contribution in [2.24, 2.45) is 5.73 Å². The zero-order valence-electron chi connectivity index (χ0n) is 6.17. The largest absolute Gasteiger partial charge is 0.393 e. The van der Waals surface area contributed by atoms with Crippen LogP contribution in [0.5, 0.6) is 0 Å². The minimum Gasteiger partial charge on any atom is -0.393 e. The predicted octanol–water partition coefficient (Wildman–Crippen LogP) is 0.699. The molecule has 0 aromatic heterocycles. The summed E-state index contributed by atoms with van der Waals surface area (Å²) in [6, 6.07) is 0.222. The molecule has 0 saturated carbocycles.